The van der Waals surface area contributed by atoms with E-state index in [-0.39, 0.29) is 10.7 Å². The van der Waals surface area contributed by atoms with Crippen LogP contribution in [0.5, 0.6) is 5.75 Å². The van der Waals surface area contributed by atoms with Gasteiger partial charge < -0.3 is 9.84 Å². The van der Waals surface area contributed by atoms with E-state index in [1.54, 1.807) is 6.92 Å². The van der Waals surface area contributed by atoms with Crippen LogP contribution in [0, 0.1) is 0 Å². The smallest absolute Gasteiger partial charge is 0.337 e. The Morgan fingerprint density at radius 3 is 3.00 bits per heavy atom. The number of pyridine rings is 1. The molecule has 0 saturated heterocycles. The fraction of sp³-hybridized carbons (Fsp3) is 0.250. The second kappa shape index (κ2) is 4.09. The number of carboxylic acids is 1. The number of aromatic nitrogens is 1. The maximum absolute atomic E-state index is 10.5. The molecule has 0 amide bonds. The number of hydrogen-bond acceptors (Lipinski definition) is 3. The Bertz CT molecular complexity index is 327. The molecule has 1 aromatic heterocycles. The summed E-state index contributed by atoms with van der Waals surface area (Å²) >= 11 is 5.65. The van der Waals surface area contributed by atoms with Crippen LogP contribution in [0.1, 0.15) is 17.3 Å². The van der Waals surface area contributed by atoms with E-state index in [0.29, 0.717) is 12.4 Å². The van der Waals surface area contributed by atoms with Crippen molar-refractivity contribution in [3.63, 3.8) is 0 Å². The van der Waals surface area contributed by atoms with E-state index >= 15 is 0 Å². The zero-order valence-corrected chi connectivity index (χ0v) is 7.71. The molecule has 70 valence electrons. The molecule has 0 saturated carbocycles. The van der Waals surface area contributed by atoms with Crippen LogP contribution in [0.15, 0.2) is 12.3 Å². The molecule has 1 aromatic rings. The second-order valence-electron chi connectivity index (χ2n) is 2.25. The first kappa shape index (κ1) is 9.80. The quantitative estimate of drug-likeness (QED) is 0.758. The lowest BCUT2D eigenvalue weighted by Crippen LogP contribution is -2.00. The summed E-state index contributed by atoms with van der Waals surface area (Å²) in [7, 11) is 0. The van der Waals surface area contributed by atoms with Gasteiger partial charge in [-0.1, -0.05) is 11.6 Å². The van der Waals surface area contributed by atoms with Crippen LogP contribution in [-0.2, 0) is 0 Å². The van der Waals surface area contributed by atoms with Gasteiger partial charge >= 0.3 is 5.97 Å². The molecule has 0 bridgehead atoms. The highest BCUT2D eigenvalue weighted by molar-refractivity contribution is 6.30. The van der Waals surface area contributed by atoms with Gasteiger partial charge in [0, 0.05) is 6.20 Å². The van der Waals surface area contributed by atoms with Gasteiger partial charge in [-0.15, -0.1) is 0 Å². The van der Waals surface area contributed by atoms with Crippen molar-refractivity contribution in [2.24, 2.45) is 0 Å². The van der Waals surface area contributed by atoms with E-state index in [1.165, 1.54) is 12.3 Å². The van der Waals surface area contributed by atoms with Gasteiger partial charge in [0.05, 0.1) is 12.2 Å². The fourth-order valence-electron chi connectivity index (χ4n) is 0.802. The first-order chi connectivity index (χ1) is 6.15. The molecule has 1 heterocycles. The summed E-state index contributed by atoms with van der Waals surface area (Å²) in [4.78, 5) is 14.2. The van der Waals surface area contributed by atoms with Crippen molar-refractivity contribution in [1.29, 1.82) is 0 Å². The van der Waals surface area contributed by atoms with Crippen molar-refractivity contribution in [2.75, 3.05) is 6.61 Å². The van der Waals surface area contributed by atoms with E-state index in [4.69, 9.17) is 21.4 Å². The molecule has 0 spiro atoms. The number of nitrogens with zero attached hydrogens (tertiary/aromatic N) is 1. The molecule has 4 nitrogen and oxygen atoms in total. The van der Waals surface area contributed by atoms with Crippen molar-refractivity contribution in [3.8, 4) is 5.75 Å². The number of hydrogen-bond donors (Lipinski definition) is 1. The van der Waals surface area contributed by atoms with E-state index in [0.717, 1.165) is 0 Å². The lowest BCUT2D eigenvalue weighted by Gasteiger charge is -2.04. The monoisotopic (exact) mass is 201 g/mol. The fourth-order valence-corrected chi connectivity index (χ4v) is 0.959. The molecule has 1 rings (SSSR count). The molecule has 0 aliphatic heterocycles. The summed E-state index contributed by atoms with van der Waals surface area (Å²) < 4.78 is 5.07. The molecule has 0 atom stereocenters. The van der Waals surface area contributed by atoms with Crippen LogP contribution in [0.25, 0.3) is 0 Å². The molecule has 0 unspecified atom stereocenters. The number of carbonyl (C=O) groups is 1. The summed E-state index contributed by atoms with van der Waals surface area (Å²) in [5.41, 5.74) is 0.0628. The van der Waals surface area contributed by atoms with E-state index in [9.17, 15) is 4.79 Å². The van der Waals surface area contributed by atoms with Crippen molar-refractivity contribution in [3.05, 3.63) is 23.0 Å². The Morgan fingerprint density at radius 2 is 2.46 bits per heavy atom. The Hall–Kier alpha value is -1.29. The minimum atomic E-state index is -1.05. The molecule has 13 heavy (non-hydrogen) atoms. The molecule has 0 aliphatic rings. The summed E-state index contributed by atoms with van der Waals surface area (Å²) in [6, 6.07) is 1.35. The molecule has 5 heteroatoms. The maximum atomic E-state index is 10.5. The third-order valence-electron chi connectivity index (χ3n) is 1.35. The van der Waals surface area contributed by atoms with E-state index in [2.05, 4.69) is 4.98 Å². The van der Waals surface area contributed by atoms with Gasteiger partial charge in [0.15, 0.2) is 10.9 Å². The Labute approximate surface area is 80.1 Å². The number of carboxylic acid groups (broad SMARTS) is 1. The molecule has 0 aromatic carbocycles. The average molecular weight is 202 g/mol. The van der Waals surface area contributed by atoms with Crippen LogP contribution >= 0.6 is 11.6 Å². The van der Waals surface area contributed by atoms with Gasteiger partial charge in [-0.25, -0.2) is 9.78 Å². The van der Waals surface area contributed by atoms with Gasteiger partial charge in [0.1, 0.15) is 0 Å². The van der Waals surface area contributed by atoms with Crippen molar-refractivity contribution < 1.29 is 14.6 Å². The largest absolute Gasteiger partial charge is 0.491 e. The predicted octanol–water partition coefficient (Wildman–Crippen LogP) is 1.83. The van der Waals surface area contributed by atoms with Crippen LogP contribution in [-0.4, -0.2) is 22.7 Å². The standard InChI is InChI=1S/C8H8ClNO3/c1-2-13-6-3-5(8(11)12)4-10-7(6)9/h3-4H,2H2,1H3,(H,11,12). The topological polar surface area (TPSA) is 59.4 Å². The molecular weight excluding hydrogens is 194 g/mol. The molecular formula is C8H8ClNO3. The summed E-state index contributed by atoms with van der Waals surface area (Å²) in [6.45, 7) is 2.20. The zero-order valence-electron chi connectivity index (χ0n) is 6.95. The van der Waals surface area contributed by atoms with Gasteiger partial charge in [0.25, 0.3) is 0 Å². The van der Waals surface area contributed by atoms with Crippen molar-refractivity contribution in [2.45, 2.75) is 6.92 Å². The lowest BCUT2D eigenvalue weighted by atomic mass is 10.3. The SMILES string of the molecule is CCOc1cc(C(=O)O)cnc1Cl. The molecule has 0 radical (unpaired) electrons. The van der Waals surface area contributed by atoms with Crippen LogP contribution in [0.3, 0.4) is 0 Å². The van der Waals surface area contributed by atoms with Crippen LogP contribution < -0.4 is 4.74 Å². The molecule has 0 aliphatic carbocycles. The maximum Gasteiger partial charge on any atom is 0.337 e. The lowest BCUT2D eigenvalue weighted by molar-refractivity contribution is 0.0696. The third kappa shape index (κ3) is 2.32. The molecule has 0 fully saturated rings. The first-order valence-corrected chi connectivity index (χ1v) is 4.04. The summed E-state index contributed by atoms with van der Waals surface area (Å²) in [5.74, 6) is -0.755. The second-order valence-corrected chi connectivity index (χ2v) is 2.61. The van der Waals surface area contributed by atoms with Crippen LogP contribution in [0.4, 0.5) is 0 Å². The zero-order chi connectivity index (χ0) is 9.84. The minimum absolute atomic E-state index is 0.0628. The summed E-state index contributed by atoms with van der Waals surface area (Å²) in [6.07, 6.45) is 1.19. The first-order valence-electron chi connectivity index (χ1n) is 3.66. The average Bonchev–Trinajstić information content (AvgIpc) is 2.08. The van der Waals surface area contributed by atoms with E-state index in [1.807, 2.05) is 0 Å². The minimum Gasteiger partial charge on any atom is -0.491 e. The van der Waals surface area contributed by atoms with Gasteiger partial charge in [-0.2, -0.15) is 0 Å². The number of halogens is 1. The Balaban J connectivity index is 3.03. The highest BCUT2D eigenvalue weighted by Crippen LogP contribution is 2.22. The Morgan fingerprint density at radius 1 is 1.77 bits per heavy atom. The van der Waals surface area contributed by atoms with Crippen molar-refractivity contribution >= 4 is 17.6 Å². The normalized spacial score (nSPS) is 9.69. The van der Waals surface area contributed by atoms with E-state index < -0.39 is 5.97 Å². The van der Waals surface area contributed by atoms with Crippen LogP contribution in [0.2, 0.25) is 5.15 Å². The number of rotatable bonds is 3. The predicted molar refractivity (Wildman–Crippen MR) is 47.4 cm³/mol. The highest BCUT2D eigenvalue weighted by Gasteiger charge is 2.08. The number of ether oxygens (including phenoxy) is 1. The van der Waals surface area contributed by atoms with Crippen molar-refractivity contribution in [1.82, 2.24) is 4.98 Å². The van der Waals surface area contributed by atoms with Gasteiger partial charge in [-0.05, 0) is 13.0 Å². The Kier molecular flexibility index (Phi) is 3.08. The molecule has 1 N–H and O–H groups in total. The highest BCUT2D eigenvalue weighted by atomic mass is 35.5. The van der Waals surface area contributed by atoms with Gasteiger partial charge in [-0.3, -0.25) is 0 Å². The van der Waals surface area contributed by atoms with Gasteiger partial charge in [0.2, 0.25) is 0 Å². The third-order valence-corrected chi connectivity index (χ3v) is 1.64. The summed E-state index contributed by atoms with van der Waals surface area (Å²) in [5, 5.41) is 8.80. The number of aromatic carboxylic acids is 1.